The third-order valence-corrected chi connectivity index (χ3v) is 3.78. The fraction of sp³-hybridized carbons (Fsp3) is 0.769. The van der Waals surface area contributed by atoms with Gasteiger partial charge < -0.3 is 10.4 Å². The van der Waals surface area contributed by atoms with Crippen molar-refractivity contribution in [2.75, 3.05) is 6.61 Å². The molecule has 1 rings (SSSR count). The summed E-state index contributed by atoms with van der Waals surface area (Å²) < 4.78 is 3.86. The van der Waals surface area contributed by atoms with E-state index < -0.39 is 0 Å². The Balaban J connectivity index is 2.85. The highest BCUT2D eigenvalue weighted by molar-refractivity contribution is 7.08. The third-order valence-electron chi connectivity index (χ3n) is 3.03. The minimum absolute atomic E-state index is 0.0557. The minimum Gasteiger partial charge on any atom is -0.396 e. The fourth-order valence-electron chi connectivity index (χ4n) is 1.81. The van der Waals surface area contributed by atoms with Crippen molar-refractivity contribution in [1.29, 1.82) is 0 Å². The van der Waals surface area contributed by atoms with Crippen LogP contribution < -0.4 is 5.32 Å². The minimum atomic E-state index is -0.146. The highest BCUT2D eigenvalue weighted by atomic mass is 32.1. The van der Waals surface area contributed by atoms with Crippen molar-refractivity contribution in [2.45, 2.75) is 53.0 Å². The van der Waals surface area contributed by atoms with Gasteiger partial charge in [-0.05, 0) is 29.3 Å². The average molecular weight is 285 g/mol. The normalized spacial score (nSPS) is 13.6. The van der Waals surface area contributed by atoms with E-state index in [1.54, 1.807) is 0 Å². The molecular formula is C13H23N3O2S. The molecule has 0 bridgehead atoms. The molecule has 6 heteroatoms. The van der Waals surface area contributed by atoms with Gasteiger partial charge in [-0.15, -0.1) is 5.10 Å². The Morgan fingerprint density at radius 3 is 2.53 bits per heavy atom. The molecule has 0 spiro atoms. The zero-order valence-corrected chi connectivity index (χ0v) is 13.0. The molecule has 0 radical (unpaired) electrons. The van der Waals surface area contributed by atoms with E-state index in [0.717, 1.165) is 17.2 Å². The first-order valence-electron chi connectivity index (χ1n) is 6.51. The van der Waals surface area contributed by atoms with Gasteiger partial charge in [0.2, 0.25) is 0 Å². The van der Waals surface area contributed by atoms with E-state index in [1.807, 2.05) is 34.6 Å². The molecule has 0 aliphatic carbocycles. The van der Waals surface area contributed by atoms with Crippen molar-refractivity contribution in [3.05, 3.63) is 10.6 Å². The van der Waals surface area contributed by atoms with Crippen LogP contribution in [-0.4, -0.2) is 33.2 Å². The van der Waals surface area contributed by atoms with E-state index in [0.29, 0.717) is 11.3 Å². The summed E-state index contributed by atoms with van der Waals surface area (Å²) in [6, 6.07) is -0.0767. The van der Waals surface area contributed by atoms with Gasteiger partial charge in [-0.3, -0.25) is 4.79 Å². The lowest BCUT2D eigenvalue weighted by atomic mass is 9.85. The highest BCUT2D eigenvalue weighted by Gasteiger charge is 2.28. The zero-order chi connectivity index (χ0) is 14.6. The Hall–Kier alpha value is -1.01. The number of rotatable bonds is 5. The molecule has 1 aromatic heterocycles. The van der Waals surface area contributed by atoms with E-state index in [9.17, 15) is 4.79 Å². The number of amides is 1. The lowest BCUT2D eigenvalue weighted by Crippen LogP contribution is -2.44. The van der Waals surface area contributed by atoms with E-state index in [-0.39, 0.29) is 29.9 Å². The largest absolute Gasteiger partial charge is 0.396 e. The Bertz CT molecular complexity index is 424. The molecule has 1 unspecified atom stereocenters. The number of nitrogens with one attached hydrogen (secondary N) is 1. The molecule has 0 fully saturated rings. The predicted octanol–water partition coefficient (Wildman–Crippen LogP) is 2.19. The Morgan fingerprint density at radius 1 is 1.42 bits per heavy atom. The monoisotopic (exact) mass is 285 g/mol. The van der Waals surface area contributed by atoms with Gasteiger partial charge in [0.05, 0.1) is 5.69 Å². The summed E-state index contributed by atoms with van der Waals surface area (Å²) in [6.45, 7) is 10.2. The van der Waals surface area contributed by atoms with Crippen LogP contribution in [0.5, 0.6) is 0 Å². The van der Waals surface area contributed by atoms with Crippen molar-refractivity contribution < 1.29 is 9.90 Å². The summed E-state index contributed by atoms with van der Waals surface area (Å²) in [5.74, 6) is 0.0255. The second kappa shape index (κ2) is 6.43. The average Bonchev–Trinajstić information content (AvgIpc) is 2.75. The number of aromatic nitrogens is 2. The maximum atomic E-state index is 12.3. The molecule has 1 heterocycles. The highest BCUT2D eigenvalue weighted by Crippen LogP contribution is 2.24. The van der Waals surface area contributed by atoms with Gasteiger partial charge in [0.1, 0.15) is 4.88 Å². The molecule has 0 saturated heterocycles. The van der Waals surface area contributed by atoms with Crippen LogP contribution in [-0.2, 0) is 0 Å². The standard InChI is InChI=1S/C13H23N3O2S/c1-8(2)10-11(19-16-15-10)12(18)14-9(6-7-17)13(3,4)5/h8-9,17H,6-7H2,1-5H3,(H,14,18). The van der Waals surface area contributed by atoms with Gasteiger partial charge in [0.25, 0.3) is 5.91 Å². The maximum absolute atomic E-state index is 12.3. The van der Waals surface area contributed by atoms with Crippen LogP contribution in [0.15, 0.2) is 0 Å². The van der Waals surface area contributed by atoms with Crippen LogP contribution in [0.3, 0.4) is 0 Å². The molecule has 0 saturated carbocycles. The molecule has 1 aromatic rings. The van der Waals surface area contributed by atoms with Crippen LogP contribution in [0.2, 0.25) is 0 Å². The summed E-state index contributed by atoms with van der Waals surface area (Å²) in [4.78, 5) is 12.9. The first-order chi connectivity index (χ1) is 8.77. The summed E-state index contributed by atoms with van der Waals surface area (Å²) in [5.41, 5.74) is 0.633. The molecule has 108 valence electrons. The number of hydrogen-bond donors (Lipinski definition) is 2. The first kappa shape index (κ1) is 16.0. The summed E-state index contributed by atoms with van der Waals surface area (Å²) >= 11 is 1.12. The Kier molecular flexibility index (Phi) is 5.43. The molecule has 19 heavy (non-hydrogen) atoms. The number of nitrogens with zero attached hydrogens (tertiary/aromatic N) is 2. The molecular weight excluding hydrogens is 262 g/mol. The zero-order valence-electron chi connectivity index (χ0n) is 12.2. The Labute approximate surface area is 118 Å². The van der Waals surface area contributed by atoms with Gasteiger partial charge in [0, 0.05) is 12.6 Å². The number of aliphatic hydroxyl groups excluding tert-OH is 1. The van der Waals surface area contributed by atoms with E-state index in [2.05, 4.69) is 14.9 Å². The van der Waals surface area contributed by atoms with Crippen LogP contribution >= 0.6 is 11.5 Å². The van der Waals surface area contributed by atoms with Gasteiger partial charge in [-0.1, -0.05) is 39.1 Å². The van der Waals surface area contributed by atoms with Crippen LogP contribution in [0, 0.1) is 5.41 Å². The first-order valence-corrected chi connectivity index (χ1v) is 7.28. The molecule has 0 aliphatic rings. The summed E-state index contributed by atoms with van der Waals surface area (Å²) in [6.07, 6.45) is 0.540. The molecule has 5 nitrogen and oxygen atoms in total. The van der Waals surface area contributed by atoms with E-state index >= 15 is 0 Å². The van der Waals surface area contributed by atoms with Gasteiger partial charge >= 0.3 is 0 Å². The van der Waals surface area contributed by atoms with Crippen LogP contribution in [0.1, 0.15) is 62.3 Å². The molecule has 1 amide bonds. The smallest absolute Gasteiger partial charge is 0.265 e. The number of carbonyl (C=O) groups is 1. The quantitative estimate of drug-likeness (QED) is 0.869. The van der Waals surface area contributed by atoms with Crippen LogP contribution in [0.4, 0.5) is 0 Å². The summed E-state index contributed by atoms with van der Waals surface area (Å²) in [5, 5.41) is 16.1. The predicted molar refractivity (Wildman–Crippen MR) is 76.4 cm³/mol. The van der Waals surface area contributed by atoms with Gasteiger partial charge in [-0.25, -0.2) is 0 Å². The third kappa shape index (κ3) is 4.24. The second-order valence-electron chi connectivity index (χ2n) is 6.05. The molecule has 0 aromatic carbocycles. The van der Waals surface area contributed by atoms with Crippen molar-refractivity contribution in [1.82, 2.24) is 14.9 Å². The molecule has 1 atom stereocenters. The SMILES string of the molecule is CC(C)c1nnsc1C(=O)NC(CCO)C(C)(C)C. The topological polar surface area (TPSA) is 75.1 Å². The van der Waals surface area contributed by atoms with Gasteiger partial charge in [-0.2, -0.15) is 0 Å². The van der Waals surface area contributed by atoms with Crippen molar-refractivity contribution in [3.63, 3.8) is 0 Å². The second-order valence-corrected chi connectivity index (χ2v) is 6.80. The van der Waals surface area contributed by atoms with E-state index in [4.69, 9.17) is 5.11 Å². The van der Waals surface area contributed by atoms with Crippen molar-refractivity contribution in [2.24, 2.45) is 5.41 Å². The lowest BCUT2D eigenvalue weighted by molar-refractivity contribution is 0.0888. The maximum Gasteiger partial charge on any atom is 0.265 e. The van der Waals surface area contributed by atoms with Crippen molar-refractivity contribution in [3.8, 4) is 0 Å². The number of carbonyl (C=O) groups excluding carboxylic acids is 1. The fourth-order valence-corrected chi connectivity index (χ4v) is 2.53. The summed E-state index contributed by atoms with van der Waals surface area (Å²) in [7, 11) is 0. The van der Waals surface area contributed by atoms with Crippen LogP contribution in [0.25, 0.3) is 0 Å². The Morgan fingerprint density at radius 2 is 2.05 bits per heavy atom. The molecule has 0 aliphatic heterocycles. The van der Waals surface area contributed by atoms with E-state index in [1.165, 1.54) is 0 Å². The van der Waals surface area contributed by atoms with Crippen molar-refractivity contribution >= 4 is 17.4 Å². The molecule has 2 N–H and O–H groups in total. The number of aliphatic hydroxyl groups is 1. The van der Waals surface area contributed by atoms with Gasteiger partial charge in [0.15, 0.2) is 0 Å². The lowest BCUT2D eigenvalue weighted by Gasteiger charge is -2.31. The number of hydrogen-bond acceptors (Lipinski definition) is 5.